The van der Waals surface area contributed by atoms with Gasteiger partial charge in [-0.15, -0.1) is 0 Å². The quantitative estimate of drug-likeness (QED) is 0.698. The van der Waals surface area contributed by atoms with Crippen molar-refractivity contribution in [2.75, 3.05) is 12.3 Å². The first-order valence-electron chi connectivity index (χ1n) is 9.25. The molecule has 4 rings (SSSR count). The number of aliphatic imine (C=N–C) groups is 1. The van der Waals surface area contributed by atoms with Gasteiger partial charge in [-0.2, -0.15) is 5.10 Å². The van der Waals surface area contributed by atoms with E-state index < -0.39 is 0 Å². The Bertz CT molecular complexity index is 983. The second kappa shape index (κ2) is 6.94. The average molecular weight is 364 g/mol. The summed E-state index contributed by atoms with van der Waals surface area (Å²) in [4.78, 5) is 18.4. The molecule has 1 atom stereocenters. The fourth-order valence-electron chi connectivity index (χ4n) is 3.54. The van der Waals surface area contributed by atoms with E-state index in [-0.39, 0.29) is 11.5 Å². The number of H-pyrrole nitrogens is 1. The summed E-state index contributed by atoms with van der Waals surface area (Å²) in [6, 6.07) is 0.245. The van der Waals surface area contributed by atoms with Crippen molar-refractivity contribution in [2.24, 2.45) is 4.99 Å². The summed E-state index contributed by atoms with van der Waals surface area (Å²) in [5, 5.41) is 6.88. The number of hydrogen-bond donors (Lipinski definition) is 2. The lowest BCUT2D eigenvalue weighted by Gasteiger charge is -2.29. The predicted octanol–water partition coefficient (Wildman–Crippen LogP) is 2.61. The molecular formula is C19H24N8. The predicted molar refractivity (Wildman–Crippen MR) is 106 cm³/mol. The molecule has 27 heavy (non-hydrogen) atoms. The van der Waals surface area contributed by atoms with Crippen molar-refractivity contribution in [3.8, 4) is 0 Å². The van der Waals surface area contributed by atoms with Crippen LogP contribution in [0.3, 0.4) is 0 Å². The van der Waals surface area contributed by atoms with E-state index in [1.54, 1.807) is 6.33 Å². The topological polar surface area (TPSA) is 111 Å². The first kappa shape index (κ1) is 17.4. The van der Waals surface area contributed by atoms with Crippen LogP contribution < -0.4 is 5.73 Å². The highest BCUT2D eigenvalue weighted by atomic mass is 15.2. The number of anilines is 1. The van der Waals surface area contributed by atoms with Crippen LogP contribution in [-0.4, -0.2) is 42.5 Å². The van der Waals surface area contributed by atoms with Crippen molar-refractivity contribution < 1.29 is 0 Å². The number of imidazole rings is 1. The van der Waals surface area contributed by atoms with Gasteiger partial charge in [-0.05, 0) is 44.7 Å². The maximum absolute atomic E-state index is 6.24. The Balaban J connectivity index is 1.70. The van der Waals surface area contributed by atoms with E-state index in [0.717, 1.165) is 30.7 Å². The molecule has 0 aliphatic carbocycles. The highest BCUT2D eigenvalue weighted by molar-refractivity contribution is 5.82. The third-order valence-electron chi connectivity index (χ3n) is 5.07. The molecule has 3 N–H and O–H groups in total. The minimum absolute atomic E-state index is 0.245. The lowest BCUT2D eigenvalue weighted by atomic mass is 9.80. The molecule has 0 spiro atoms. The zero-order chi connectivity index (χ0) is 18.9. The van der Waals surface area contributed by atoms with Crippen LogP contribution in [-0.2, 0) is 11.8 Å². The molecule has 0 radical (unpaired) electrons. The molecule has 0 amide bonds. The molecule has 8 nitrogen and oxygen atoms in total. The van der Waals surface area contributed by atoms with Gasteiger partial charge in [-0.1, -0.05) is 6.08 Å². The maximum atomic E-state index is 6.24. The number of aryl methyl sites for hydroxylation is 1. The van der Waals surface area contributed by atoms with Crippen molar-refractivity contribution >= 4 is 23.2 Å². The largest absolute Gasteiger partial charge is 0.382 e. The lowest BCUT2D eigenvalue weighted by Crippen LogP contribution is -2.32. The molecule has 1 aliphatic heterocycles. The van der Waals surface area contributed by atoms with Crippen LogP contribution in [0.2, 0.25) is 0 Å². The zero-order valence-electron chi connectivity index (χ0n) is 15.6. The van der Waals surface area contributed by atoms with Crippen molar-refractivity contribution in [3.05, 3.63) is 42.3 Å². The number of hydrogen-bond acceptors (Lipinski definition) is 6. The first-order chi connectivity index (χ1) is 13.1. The van der Waals surface area contributed by atoms with Crippen LogP contribution in [0.5, 0.6) is 0 Å². The summed E-state index contributed by atoms with van der Waals surface area (Å²) in [6.45, 7) is 4.82. The van der Waals surface area contributed by atoms with Gasteiger partial charge < -0.3 is 10.3 Å². The summed E-state index contributed by atoms with van der Waals surface area (Å²) >= 11 is 0. The number of fused-ring (bicyclic) bond motifs is 1. The number of nitrogen functional groups attached to an aromatic ring is 1. The second-order valence-corrected chi connectivity index (χ2v) is 7.32. The molecule has 0 bridgehead atoms. The van der Waals surface area contributed by atoms with Crippen molar-refractivity contribution in [1.82, 2.24) is 29.7 Å². The van der Waals surface area contributed by atoms with Gasteiger partial charge in [0.1, 0.15) is 11.3 Å². The smallest absolute Gasteiger partial charge is 0.166 e. The number of allylic oxidation sites excluding steroid dienone is 1. The van der Waals surface area contributed by atoms with Crippen molar-refractivity contribution in [1.29, 1.82) is 0 Å². The van der Waals surface area contributed by atoms with Gasteiger partial charge in [0.05, 0.1) is 24.5 Å². The van der Waals surface area contributed by atoms with Crippen LogP contribution in [0, 0.1) is 0 Å². The van der Waals surface area contributed by atoms with E-state index in [1.165, 1.54) is 5.56 Å². The Kier molecular flexibility index (Phi) is 4.47. The SMILES string of the molecule is CC(C)n1cnc2c(N)nc(C3(CCCc4cn[nH]c4)C=CC=NC3)nc21. The Morgan fingerprint density at radius 1 is 1.33 bits per heavy atom. The Hall–Kier alpha value is -3.03. The Morgan fingerprint density at radius 3 is 2.93 bits per heavy atom. The van der Waals surface area contributed by atoms with Gasteiger partial charge >= 0.3 is 0 Å². The molecule has 0 saturated heterocycles. The number of nitrogens with two attached hydrogens (primary N) is 1. The molecule has 8 heteroatoms. The number of aromatic nitrogens is 6. The van der Waals surface area contributed by atoms with Crippen LogP contribution >= 0.6 is 0 Å². The van der Waals surface area contributed by atoms with Gasteiger partial charge in [0.25, 0.3) is 0 Å². The van der Waals surface area contributed by atoms with E-state index in [9.17, 15) is 0 Å². The van der Waals surface area contributed by atoms with E-state index in [0.29, 0.717) is 17.9 Å². The fraction of sp³-hybridized carbons (Fsp3) is 0.421. The van der Waals surface area contributed by atoms with Gasteiger partial charge in [0.15, 0.2) is 11.5 Å². The van der Waals surface area contributed by atoms with Crippen LogP contribution in [0.1, 0.15) is 44.1 Å². The van der Waals surface area contributed by atoms with E-state index in [2.05, 4.69) is 45.1 Å². The first-order valence-corrected chi connectivity index (χ1v) is 9.25. The summed E-state index contributed by atoms with van der Waals surface area (Å²) < 4.78 is 2.03. The number of aromatic amines is 1. The standard InChI is InChI=1S/C19H24N8/c1-13(2)27-12-22-15-16(20)25-18(26-17(15)27)19(7-4-8-21-11-19)6-3-5-14-9-23-24-10-14/h4,7-10,12-13H,3,5-6,11H2,1-2H3,(H,23,24)(H2,20,25,26). The molecule has 1 unspecified atom stereocenters. The highest BCUT2D eigenvalue weighted by Gasteiger charge is 2.34. The zero-order valence-corrected chi connectivity index (χ0v) is 15.6. The van der Waals surface area contributed by atoms with E-state index in [1.807, 2.05) is 29.3 Å². The Labute approximate surface area is 157 Å². The van der Waals surface area contributed by atoms with E-state index in [4.69, 9.17) is 10.7 Å². The van der Waals surface area contributed by atoms with Crippen LogP contribution in [0.25, 0.3) is 11.2 Å². The fourth-order valence-corrected chi connectivity index (χ4v) is 3.54. The highest BCUT2D eigenvalue weighted by Crippen LogP contribution is 2.33. The van der Waals surface area contributed by atoms with Crippen molar-refractivity contribution in [3.63, 3.8) is 0 Å². The molecular weight excluding hydrogens is 340 g/mol. The molecule has 4 heterocycles. The molecule has 3 aromatic rings. The molecule has 1 aliphatic rings. The van der Waals surface area contributed by atoms with Gasteiger partial charge in [-0.25, -0.2) is 15.0 Å². The molecule has 0 fully saturated rings. The normalized spacial score (nSPS) is 19.4. The van der Waals surface area contributed by atoms with Gasteiger partial charge in [0, 0.05) is 18.5 Å². The average Bonchev–Trinajstić information content (AvgIpc) is 3.32. The summed E-state index contributed by atoms with van der Waals surface area (Å²) in [5.41, 5.74) is 8.52. The molecule has 0 saturated carbocycles. The van der Waals surface area contributed by atoms with Gasteiger partial charge in [0.2, 0.25) is 0 Å². The summed E-state index contributed by atoms with van der Waals surface area (Å²) in [5.74, 6) is 1.14. The lowest BCUT2D eigenvalue weighted by molar-refractivity contribution is 0.455. The number of rotatable bonds is 6. The van der Waals surface area contributed by atoms with Gasteiger partial charge in [-0.3, -0.25) is 10.1 Å². The third kappa shape index (κ3) is 3.22. The van der Waals surface area contributed by atoms with Crippen molar-refractivity contribution in [2.45, 2.75) is 44.6 Å². The summed E-state index contributed by atoms with van der Waals surface area (Å²) in [6.07, 6.45) is 14.3. The number of dihydropyridines is 1. The minimum Gasteiger partial charge on any atom is -0.382 e. The molecule has 3 aromatic heterocycles. The number of nitrogens with one attached hydrogen (secondary N) is 1. The summed E-state index contributed by atoms with van der Waals surface area (Å²) in [7, 11) is 0. The maximum Gasteiger partial charge on any atom is 0.166 e. The van der Waals surface area contributed by atoms with Crippen LogP contribution in [0.4, 0.5) is 5.82 Å². The monoisotopic (exact) mass is 364 g/mol. The van der Waals surface area contributed by atoms with E-state index >= 15 is 0 Å². The third-order valence-corrected chi connectivity index (χ3v) is 5.07. The Morgan fingerprint density at radius 2 is 2.22 bits per heavy atom. The minimum atomic E-state index is -0.354. The second-order valence-electron chi connectivity index (χ2n) is 7.32. The van der Waals surface area contributed by atoms with Crippen LogP contribution in [0.15, 0.2) is 35.9 Å². The number of nitrogens with zero attached hydrogens (tertiary/aromatic N) is 6. The molecule has 140 valence electrons. The molecule has 0 aromatic carbocycles.